The van der Waals surface area contributed by atoms with Crippen LogP contribution in [-0.4, -0.2) is 43.8 Å². The second-order valence-corrected chi connectivity index (χ2v) is 7.94. The van der Waals surface area contributed by atoms with Crippen LogP contribution in [0.4, 0.5) is 0 Å². The first-order valence-corrected chi connectivity index (χ1v) is 8.99. The van der Waals surface area contributed by atoms with Crippen LogP contribution in [0.25, 0.3) is 0 Å². The van der Waals surface area contributed by atoms with Gasteiger partial charge in [0.25, 0.3) is 5.91 Å². The molecule has 4 nitrogen and oxygen atoms in total. The molecule has 1 fully saturated rings. The van der Waals surface area contributed by atoms with Crippen LogP contribution in [0.5, 0.6) is 0 Å². The van der Waals surface area contributed by atoms with E-state index >= 15 is 0 Å². The summed E-state index contributed by atoms with van der Waals surface area (Å²) in [7, 11) is -2.94. The number of amides is 1. The maximum absolute atomic E-state index is 12.4. The molecule has 1 aliphatic carbocycles. The molecule has 3 rings (SSSR count). The van der Waals surface area contributed by atoms with E-state index in [1.54, 1.807) is 4.90 Å². The highest BCUT2D eigenvalue weighted by molar-refractivity contribution is 7.91. The van der Waals surface area contributed by atoms with Gasteiger partial charge in [0, 0.05) is 18.7 Å². The summed E-state index contributed by atoms with van der Waals surface area (Å²) in [5.41, 5.74) is 3.34. The molecular weight excluding hydrogens is 274 g/mol. The molecule has 1 aliphatic heterocycles. The Balaban J connectivity index is 1.77. The van der Waals surface area contributed by atoms with Gasteiger partial charge in [-0.25, -0.2) is 8.42 Å². The topological polar surface area (TPSA) is 54.5 Å². The predicted octanol–water partition coefficient (Wildman–Crippen LogP) is 1.44. The highest BCUT2D eigenvalue weighted by atomic mass is 32.2. The fourth-order valence-corrected chi connectivity index (χ4v) is 4.17. The Hall–Kier alpha value is -1.36. The smallest absolute Gasteiger partial charge is 0.253 e. The summed E-state index contributed by atoms with van der Waals surface area (Å²) in [6, 6.07) is 5.94. The predicted molar refractivity (Wildman–Crippen MR) is 77.6 cm³/mol. The summed E-state index contributed by atoms with van der Waals surface area (Å²) < 4.78 is 22.8. The van der Waals surface area contributed by atoms with Crippen LogP contribution >= 0.6 is 0 Å². The Labute approximate surface area is 119 Å². The Morgan fingerprint density at radius 3 is 2.35 bits per heavy atom. The molecule has 0 saturated carbocycles. The monoisotopic (exact) mass is 293 g/mol. The molecule has 108 valence electrons. The average molecular weight is 293 g/mol. The molecule has 1 amide bonds. The molecule has 1 aromatic rings. The van der Waals surface area contributed by atoms with Crippen molar-refractivity contribution in [2.75, 3.05) is 24.6 Å². The van der Waals surface area contributed by atoms with Gasteiger partial charge in [-0.2, -0.15) is 0 Å². The largest absolute Gasteiger partial charge is 0.337 e. The van der Waals surface area contributed by atoms with Crippen molar-refractivity contribution in [2.24, 2.45) is 0 Å². The van der Waals surface area contributed by atoms with Crippen LogP contribution < -0.4 is 0 Å². The second-order valence-electron chi connectivity index (χ2n) is 5.63. The van der Waals surface area contributed by atoms with Crippen molar-refractivity contribution in [3.8, 4) is 0 Å². The van der Waals surface area contributed by atoms with Gasteiger partial charge in [-0.15, -0.1) is 0 Å². The van der Waals surface area contributed by atoms with Gasteiger partial charge in [0.1, 0.15) is 0 Å². The van der Waals surface area contributed by atoms with Crippen LogP contribution in [0.15, 0.2) is 18.2 Å². The number of carbonyl (C=O) groups excluding carboxylic acids is 1. The van der Waals surface area contributed by atoms with Crippen molar-refractivity contribution in [3.05, 3.63) is 34.9 Å². The maximum atomic E-state index is 12.4. The number of sulfone groups is 1. The van der Waals surface area contributed by atoms with E-state index in [1.165, 1.54) is 24.0 Å². The van der Waals surface area contributed by atoms with Crippen molar-refractivity contribution in [2.45, 2.75) is 25.7 Å². The Kier molecular flexibility index (Phi) is 3.54. The van der Waals surface area contributed by atoms with Gasteiger partial charge in [0.15, 0.2) is 9.84 Å². The minimum Gasteiger partial charge on any atom is -0.337 e. The third-order valence-corrected chi connectivity index (χ3v) is 5.84. The number of rotatable bonds is 1. The third kappa shape index (κ3) is 2.73. The van der Waals surface area contributed by atoms with Gasteiger partial charge in [0.05, 0.1) is 11.5 Å². The van der Waals surface area contributed by atoms with Crippen molar-refractivity contribution in [1.82, 2.24) is 4.90 Å². The minimum atomic E-state index is -2.94. The number of hydrogen-bond acceptors (Lipinski definition) is 3. The highest BCUT2D eigenvalue weighted by Crippen LogP contribution is 2.23. The molecule has 5 heteroatoms. The molecule has 0 bridgehead atoms. The number of aryl methyl sites for hydroxylation is 2. The highest BCUT2D eigenvalue weighted by Gasteiger charge is 2.26. The fourth-order valence-electron chi connectivity index (χ4n) is 2.96. The Morgan fingerprint density at radius 2 is 1.65 bits per heavy atom. The summed E-state index contributed by atoms with van der Waals surface area (Å²) in [4.78, 5) is 14.1. The first kappa shape index (κ1) is 13.6. The lowest BCUT2D eigenvalue weighted by atomic mass is 9.90. The van der Waals surface area contributed by atoms with Crippen molar-refractivity contribution >= 4 is 15.7 Å². The van der Waals surface area contributed by atoms with E-state index < -0.39 is 9.84 Å². The zero-order valence-electron chi connectivity index (χ0n) is 11.5. The van der Waals surface area contributed by atoms with Crippen molar-refractivity contribution < 1.29 is 13.2 Å². The Bertz CT molecular complexity index is 623. The number of fused-ring (bicyclic) bond motifs is 1. The molecule has 0 N–H and O–H groups in total. The van der Waals surface area contributed by atoms with Crippen molar-refractivity contribution in [3.63, 3.8) is 0 Å². The van der Waals surface area contributed by atoms with E-state index in [9.17, 15) is 13.2 Å². The van der Waals surface area contributed by atoms with Gasteiger partial charge in [-0.1, -0.05) is 6.07 Å². The molecule has 0 unspecified atom stereocenters. The summed E-state index contributed by atoms with van der Waals surface area (Å²) in [6.07, 6.45) is 4.56. The van der Waals surface area contributed by atoms with E-state index in [0.29, 0.717) is 18.7 Å². The van der Waals surface area contributed by atoms with Gasteiger partial charge < -0.3 is 4.90 Å². The summed E-state index contributed by atoms with van der Waals surface area (Å²) >= 11 is 0. The first-order chi connectivity index (χ1) is 9.55. The zero-order chi connectivity index (χ0) is 14.2. The van der Waals surface area contributed by atoms with E-state index in [1.807, 2.05) is 12.1 Å². The van der Waals surface area contributed by atoms with Gasteiger partial charge in [-0.3, -0.25) is 4.79 Å². The fraction of sp³-hybridized carbons (Fsp3) is 0.533. The number of hydrogen-bond donors (Lipinski definition) is 0. The molecule has 20 heavy (non-hydrogen) atoms. The molecule has 2 aliphatic rings. The van der Waals surface area contributed by atoms with Crippen molar-refractivity contribution in [1.29, 1.82) is 0 Å². The summed E-state index contributed by atoms with van der Waals surface area (Å²) in [5, 5.41) is 0. The quantitative estimate of drug-likeness (QED) is 0.787. The molecule has 0 atom stereocenters. The zero-order valence-corrected chi connectivity index (χ0v) is 12.3. The second kappa shape index (κ2) is 5.20. The lowest BCUT2D eigenvalue weighted by Crippen LogP contribution is -2.43. The molecule has 0 spiro atoms. The van der Waals surface area contributed by atoms with E-state index in [0.717, 1.165) is 12.8 Å². The lowest BCUT2D eigenvalue weighted by Gasteiger charge is -2.27. The normalized spacial score (nSPS) is 21.3. The molecule has 1 saturated heterocycles. The van der Waals surface area contributed by atoms with Crippen LogP contribution in [0, 0.1) is 0 Å². The molecular formula is C15H19NO3S. The minimum absolute atomic E-state index is 0.0340. The van der Waals surface area contributed by atoms with Crippen LogP contribution in [0.1, 0.15) is 34.3 Å². The standard InChI is InChI=1S/C15H19NO3S/c17-15(16-7-9-20(18,19)10-8-16)14-6-5-12-3-1-2-4-13(12)11-14/h5-6,11H,1-4,7-10H2. The van der Waals surface area contributed by atoms with Crippen LogP contribution in [0.2, 0.25) is 0 Å². The van der Waals surface area contributed by atoms with Gasteiger partial charge in [0.2, 0.25) is 0 Å². The number of nitrogens with zero attached hydrogens (tertiary/aromatic N) is 1. The third-order valence-electron chi connectivity index (χ3n) is 4.23. The molecule has 1 aromatic carbocycles. The van der Waals surface area contributed by atoms with Crippen LogP contribution in [0.3, 0.4) is 0 Å². The van der Waals surface area contributed by atoms with Gasteiger partial charge >= 0.3 is 0 Å². The van der Waals surface area contributed by atoms with Gasteiger partial charge in [-0.05, 0) is 48.9 Å². The molecule has 0 radical (unpaired) electrons. The van der Waals surface area contributed by atoms with Crippen LogP contribution in [-0.2, 0) is 22.7 Å². The SMILES string of the molecule is O=C(c1ccc2c(c1)CCCC2)N1CCS(=O)(=O)CC1. The molecule has 0 aromatic heterocycles. The summed E-state index contributed by atoms with van der Waals surface area (Å²) in [6.45, 7) is 0.635. The molecule has 1 heterocycles. The summed E-state index contributed by atoms with van der Waals surface area (Å²) in [5.74, 6) is 0.140. The first-order valence-electron chi connectivity index (χ1n) is 7.17. The number of benzene rings is 1. The number of carbonyl (C=O) groups is 1. The van der Waals surface area contributed by atoms with E-state index in [4.69, 9.17) is 0 Å². The Morgan fingerprint density at radius 1 is 1.00 bits per heavy atom. The maximum Gasteiger partial charge on any atom is 0.253 e. The van der Waals surface area contributed by atoms with E-state index in [-0.39, 0.29) is 17.4 Å². The van der Waals surface area contributed by atoms with E-state index in [2.05, 4.69) is 6.07 Å². The lowest BCUT2D eigenvalue weighted by molar-refractivity contribution is 0.0770. The average Bonchev–Trinajstić information content (AvgIpc) is 2.46.